The number of hydrogen-bond acceptors (Lipinski definition) is 4. The first-order valence-corrected chi connectivity index (χ1v) is 9.48. The zero-order chi connectivity index (χ0) is 20.7. The van der Waals surface area contributed by atoms with Crippen molar-refractivity contribution in [3.05, 3.63) is 52.8 Å². The van der Waals surface area contributed by atoms with Crippen LogP contribution < -0.4 is 14.8 Å². The molecule has 0 fully saturated rings. The minimum atomic E-state index is -0.847. The normalized spacial score (nSPS) is 11.5. The van der Waals surface area contributed by atoms with Crippen molar-refractivity contribution in [3.63, 3.8) is 0 Å². The van der Waals surface area contributed by atoms with Gasteiger partial charge in [-0.3, -0.25) is 9.59 Å². The predicted octanol–water partition coefficient (Wildman–Crippen LogP) is 3.85. The monoisotopic (exact) mass is 452 g/mol. The van der Waals surface area contributed by atoms with Crippen LogP contribution in [0.15, 0.2) is 46.9 Å². The number of ether oxygens (including phenoxy) is 2. The minimum absolute atomic E-state index is 0.133. The Hall–Kier alpha value is -2.61. The summed E-state index contributed by atoms with van der Waals surface area (Å²) in [6.45, 7) is 3.55. The van der Waals surface area contributed by atoms with Gasteiger partial charge in [0, 0.05) is 6.54 Å². The fraction of sp³-hybridized carbons (Fsp3) is 0.300. The zero-order valence-corrected chi connectivity index (χ0v) is 17.5. The molecule has 2 rings (SSSR count). The van der Waals surface area contributed by atoms with Crippen molar-refractivity contribution in [1.29, 1.82) is 0 Å². The van der Waals surface area contributed by atoms with Crippen LogP contribution in [0.1, 0.15) is 13.8 Å². The van der Waals surface area contributed by atoms with Gasteiger partial charge >= 0.3 is 0 Å². The molecule has 2 aromatic rings. The second-order valence-corrected chi connectivity index (χ2v) is 6.79. The van der Waals surface area contributed by atoms with Gasteiger partial charge in [0.25, 0.3) is 5.91 Å². The molecule has 2 amide bonds. The molecular formula is C20H22BrFN2O4. The number of nitrogens with one attached hydrogen (secondary N) is 1. The summed E-state index contributed by atoms with van der Waals surface area (Å²) in [5.41, 5.74) is 0.526. The van der Waals surface area contributed by atoms with E-state index in [0.29, 0.717) is 28.2 Å². The summed E-state index contributed by atoms with van der Waals surface area (Å²) in [5.74, 6) is -0.245. The number of carbonyl (C=O) groups excluding carboxylic acids is 2. The largest absolute Gasteiger partial charge is 0.495 e. The third-order valence-corrected chi connectivity index (χ3v) is 4.57. The third kappa shape index (κ3) is 5.69. The Balaban J connectivity index is 2.00. The smallest absolute Gasteiger partial charge is 0.263 e. The molecule has 6 nitrogen and oxygen atoms in total. The quantitative estimate of drug-likeness (QED) is 0.660. The number of carbonyl (C=O) groups is 2. The van der Waals surface area contributed by atoms with Crippen molar-refractivity contribution in [2.45, 2.75) is 20.0 Å². The van der Waals surface area contributed by atoms with Crippen molar-refractivity contribution >= 4 is 33.4 Å². The van der Waals surface area contributed by atoms with Gasteiger partial charge in [-0.1, -0.05) is 12.1 Å². The van der Waals surface area contributed by atoms with Crippen LogP contribution in [0.3, 0.4) is 0 Å². The van der Waals surface area contributed by atoms with Gasteiger partial charge in [0.1, 0.15) is 17.3 Å². The lowest BCUT2D eigenvalue weighted by Gasteiger charge is -2.25. The molecular weight excluding hydrogens is 431 g/mol. The fourth-order valence-corrected chi connectivity index (χ4v) is 2.97. The summed E-state index contributed by atoms with van der Waals surface area (Å²) in [7, 11) is 1.51. The molecule has 0 saturated heterocycles. The van der Waals surface area contributed by atoms with Crippen LogP contribution in [0.2, 0.25) is 0 Å². The van der Waals surface area contributed by atoms with E-state index >= 15 is 0 Å². The number of hydrogen-bond donors (Lipinski definition) is 1. The number of rotatable bonds is 8. The third-order valence-electron chi connectivity index (χ3n) is 3.95. The average Bonchev–Trinajstić information content (AvgIpc) is 2.68. The zero-order valence-electron chi connectivity index (χ0n) is 15.9. The van der Waals surface area contributed by atoms with Crippen LogP contribution in [-0.4, -0.2) is 43.0 Å². The Labute approximate surface area is 171 Å². The second kappa shape index (κ2) is 10.1. The van der Waals surface area contributed by atoms with E-state index in [9.17, 15) is 14.0 Å². The number of amides is 2. The highest BCUT2D eigenvalue weighted by Gasteiger charge is 2.24. The lowest BCUT2D eigenvalue weighted by molar-refractivity contribution is -0.140. The molecule has 0 spiro atoms. The number of likely N-dealkylation sites (N-methyl/N-ethyl adjacent to an activating group) is 1. The summed E-state index contributed by atoms with van der Waals surface area (Å²) < 4.78 is 24.4. The van der Waals surface area contributed by atoms with Crippen molar-refractivity contribution in [3.8, 4) is 11.5 Å². The molecule has 0 heterocycles. The van der Waals surface area contributed by atoms with Crippen LogP contribution in [0.5, 0.6) is 11.5 Å². The highest BCUT2D eigenvalue weighted by atomic mass is 79.9. The highest BCUT2D eigenvalue weighted by molar-refractivity contribution is 9.10. The molecule has 0 saturated carbocycles. The molecule has 28 heavy (non-hydrogen) atoms. The summed E-state index contributed by atoms with van der Waals surface area (Å²) in [6, 6.07) is 11.0. The number of para-hydroxylation sites is 2. The van der Waals surface area contributed by atoms with E-state index in [1.165, 1.54) is 30.2 Å². The molecule has 1 atom stereocenters. The Morgan fingerprint density at radius 3 is 2.57 bits per heavy atom. The lowest BCUT2D eigenvalue weighted by Crippen LogP contribution is -2.44. The number of nitrogens with zero attached hydrogens (tertiary/aromatic N) is 1. The van der Waals surface area contributed by atoms with E-state index in [0.717, 1.165) is 0 Å². The maximum absolute atomic E-state index is 13.2. The number of benzene rings is 2. The van der Waals surface area contributed by atoms with Crippen molar-refractivity contribution in [2.24, 2.45) is 0 Å². The predicted molar refractivity (Wildman–Crippen MR) is 108 cm³/mol. The molecule has 0 aliphatic carbocycles. The molecule has 0 radical (unpaired) electrons. The van der Waals surface area contributed by atoms with Gasteiger partial charge in [0.15, 0.2) is 6.10 Å². The standard InChI is InChI=1S/C20H22BrFN2O4/c1-4-24(12-19(25)23-16-7-5-6-8-18(16)27-3)20(26)13(2)28-17-10-9-14(22)11-15(17)21/h5-11,13H,4,12H2,1-3H3,(H,23,25). The SMILES string of the molecule is CCN(CC(=O)Nc1ccccc1OC)C(=O)C(C)Oc1ccc(F)cc1Br. The Bertz CT molecular complexity index is 847. The van der Waals surface area contributed by atoms with Crippen molar-refractivity contribution in [1.82, 2.24) is 4.90 Å². The molecule has 0 aromatic heterocycles. The van der Waals surface area contributed by atoms with E-state index in [4.69, 9.17) is 9.47 Å². The summed E-state index contributed by atoms with van der Waals surface area (Å²) in [5, 5.41) is 2.74. The molecule has 0 aliphatic rings. The molecule has 1 unspecified atom stereocenters. The van der Waals surface area contributed by atoms with Crippen molar-refractivity contribution in [2.75, 3.05) is 25.5 Å². The van der Waals surface area contributed by atoms with E-state index in [1.54, 1.807) is 38.1 Å². The molecule has 0 bridgehead atoms. The fourth-order valence-electron chi connectivity index (χ4n) is 2.53. The van der Waals surface area contributed by atoms with Gasteiger partial charge in [-0.25, -0.2) is 4.39 Å². The number of halogens is 2. The molecule has 0 aliphatic heterocycles. The first-order chi connectivity index (χ1) is 13.3. The summed E-state index contributed by atoms with van der Waals surface area (Å²) in [6.07, 6.45) is -0.847. The summed E-state index contributed by atoms with van der Waals surface area (Å²) >= 11 is 3.20. The average molecular weight is 453 g/mol. The number of anilines is 1. The second-order valence-electron chi connectivity index (χ2n) is 5.94. The first-order valence-electron chi connectivity index (χ1n) is 8.69. The Morgan fingerprint density at radius 1 is 1.21 bits per heavy atom. The summed E-state index contributed by atoms with van der Waals surface area (Å²) in [4.78, 5) is 26.4. The Kier molecular flexibility index (Phi) is 7.80. The maximum atomic E-state index is 13.2. The van der Waals surface area contributed by atoms with Crippen LogP contribution in [0, 0.1) is 5.82 Å². The van der Waals surface area contributed by atoms with Gasteiger partial charge < -0.3 is 19.7 Å². The lowest BCUT2D eigenvalue weighted by atomic mass is 10.2. The van der Waals surface area contributed by atoms with Crippen molar-refractivity contribution < 1.29 is 23.5 Å². The first kappa shape index (κ1) is 21.7. The minimum Gasteiger partial charge on any atom is -0.495 e. The van der Waals surface area contributed by atoms with E-state index < -0.39 is 11.9 Å². The maximum Gasteiger partial charge on any atom is 0.263 e. The van der Waals surface area contributed by atoms with Crippen LogP contribution in [0.4, 0.5) is 10.1 Å². The van der Waals surface area contributed by atoms with Crippen LogP contribution in [0.25, 0.3) is 0 Å². The van der Waals surface area contributed by atoms with E-state index in [2.05, 4.69) is 21.2 Å². The number of methoxy groups -OCH3 is 1. The Morgan fingerprint density at radius 2 is 1.93 bits per heavy atom. The van der Waals surface area contributed by atoms with E-state index in [1.807, 2.05) is 0 Å². The van der Waals surface area contributed by atoms with E-state index in [-0.39, 0.29) is 18.4 Å². The van der Waals surface area contributed by atoms with Gasteiger partial charge in [-0.05, 0) is 60.1 Å². The molecule has 150 valence electrons. The highest BCUT2D eigenvalue weighted by Crippen LogP contribution is 2.27. The molecule has 8 heteroatoms. The molecule has 2 aromatic carbocycles. The van der Waals surface area contributed by atoms with Gasteiger partial charge in [-0.2, -0.15) is 0 Å². The van der Waals surface area contributed by atoms with Crippen LogP contribution >= 0.6 is 15.9 Å². The molecule has 1 N–H and O–H groups in total. The van der Waals surface area contributed by atoms with Gasteiger partial charge in [0.05, 0.1) is 23.8 Å². The van der Waals surface area contributed by atoms with Gasteiger partial charge in [0.2, 0.25) is 5.91 Å². The van der Waals surface area contributed by atoms with Crippen LogP contribution in [-0.2, 0) is 9.59 Å². The topological polar surface area (TPSA) is 67.9 Å². The van der Waals surface area contributed by atoms with Gasteiger partial charge in [-0.15, -0.1) is 0 Å².